The molecule has 0 atom stereocenters. The summed E-state index contributed by atoms with van der Waals surface area (Å²) in [6.07, 6.45) is 3.94. The molecule has 7 heteroatoms. The lowest BCUT2D eigenvalue weighted by atomic mass is 10.4. The Bertz CT molecular complexity index is 575. The first-order valence-corrected chi connectivity index (χ1v) is 6.12. The highest BCUT2D eigenvalue weighted by molar-refractivity contribution is 5.91. The topological polar surface area (TPSA) is 102 Å². The van der Waals surface area contributed by atoms with Gasteiger partial charge in [0.05, 0.1) is 0 Å². The van der Waals surface area contributed by atoms with Gasteiger partial charge < -0.3 is 15.6 Å². The van der Waals surface area contributed by atoms with Gasteiger partial charge in [-0.2, -0.15) is 4.98 Å². The Morgan fingerprint density at radius 3 is 3.11 bits per heavy atom. The smallest absolute Gasteiger partial charge is 0.229 e. The average molecular weight is 258 g/mol. The van der Waals surface area contributed by atoms with Gasteiger partial charge >= 0.3 is 0 Å². The van der Waals surface area contributed by atoms with E-state index < -0.39 is 0 Å². The van der Waals surface area contributed by atoms with Gasteiger partial charge in [-0.3, -0.25) is 0 Å². The van der Waals surface area contributed by atoms with Gasteiger partial charge in [0, 0.05) is 12.1 Å². The number of nitrogens with one attached hydrogen (secondary N) is 1. The van der Waals surface area contributed by atoms with Crippen LogP contribution in [0.5, 0.6) is 0 Å². The van der Waals surface area contributed by atoms with E-state index >= 15 is 0 Å². The van der Waals surface area contributed by atoms with Crippen molar-refractivity contribution in [2.75, 3.05) is 5.32 Å². The first-order valence-electron chi connectivity index (χ1n) is 6.12. The number of aliphatic imine (C=N–C) groups is 1. The second-order valence-electron chi connectivity index (χ2n) is 4.36. The molecule has 2 aromatic rings. The summed E-state index contributed by atoms with van der Waals surface area (Å²) in [7, 11) is 0. The normalized spacial score (nSPS) is 15.5. The summed E-state index contributed by atoms with van der Waals surface area (Å²) in [6, 6.07) is 5.50. The lowest BCUT2D eigenvalue weighted by molar-refractivity contribution is 0.374. The summed E-state index contributed by atoms with van der Waals surface area (Å²) in [6.45, 7) is 0.294. The van der Waals surface area contributed by atoms with Gasteiger partial charge in [-0.15, -0.1) is 0 Å². The molecule has 1 fully saturated rings. The third-order valence-electron chi connectivity index (χ3n) is 2.72. The second-order valence-corrected chi connectivity index (χ2v) is 4.36. The van der Waals surface area contributed by atoms with E-state index in [0.717, 1.165) is 12.8 Å². The molecule has 1 aliphatic rings. The molecular formula is C12H14N6O. The molecule has 3 N–H and O–H groups in total. The van der Waals surface area contributed by atoms with Crippen LogP contribution in [0.2, 0.25) is 0 Å². The molecule has 2 heterocycles. The minimum absolute atomic E-state index is 0.275. The van der Waals surface area contributed by atoms with Crippen molar-refractivity contribution in [3.05, 3.63) is 36.1 Å². The molecule has 2 aromatic heterocycles. The van der Waals surface area contributed by atoms with Crippen LogP contribution < -0.4 is 11.1 Å². The Kier molecular flexibility index (Phi) is 3.09. The number of anilines is 1. The monoisotopic (exact) mass is 258 g/mol. The highest BCUT2D eigenvalue weighted by Gasteiger charge is 2.29. The third-order valence-corrected chi connectivity index (χ3v) is 2.72. The molecule has 0 bridgehead atoms. The van der Waals surface area contributed by atoms with Crippen LogP contribution in [-0.2, 0) is 6.54 Å². The van der Waals surface area contributed by atoms with Crippen LogP contribution in [0.25, 0.3) is 0 Å². The molecule has 0 radical (unpaired) electrons. The zero-order valence-corrected chi connectivity index (χ0v) is 10.3. The zero-order chi connectivity index (χ0) is 13.1. The zero-order valence-electron chi connectivity index (χ0n) is 10.3. The van der Waals surface area contributed by atoms with Gasteiger partial charge in [-0.25, -0.2) is 9.98 Å². The van der Waals surface area contributed by atoms with Crippen molar-refractivity contribution < 1.29 is 4.52 Å². The van der Waals surface area contributed by atoms with E-state index in [1.807, 2.05) is 18.2 Å². The minimum atomic E-state index is 0.275. The van der Waals surface area contributed by atoms with E-state index in [0.29, 0.717) is 30.0 Å². The number of nitrogens with two attached hydrogens (primary N) is 1. The van der Waals surface area contributed by atoms with Gasteiger partial charge in [0.25, 0.3) is 0 Å². The molecule has 19 heavy (non-hydrogen) atoms. The molecule has 98 valence electrons. The predicted molar refractivity (Wildman–Crippen MR) is 69.5 cm³/mol. The van der Waals surface area contributed by atoms with Gasteiger partial charge in [-0.05, 0) is 25.0 Å². The summed E-state index contributed by atoms with van der Waals surface area (Å²) < 4.78 is 5.14. The maximum atomic E-state index is 5.75. The van der Waals surface area contributed by atoms with Crippen molar-refractivity contribution in [1.82, 2.24) is 15.1 Å². The Labute approximate surface area is 109 Å². The SMILES string of the molecule is NC(=NCc1noc(C2CC2)n1)Nc1ccccn1. The van der Waals surface area contributed by atoms with Crippen LogP contribution in [0.4, 0.5) is 5.82 Å². The van der Waals surface area contributed by atoms with Crippen LogP contribution >= 0.6 is 0 Å². The van der Waals surface area contributed by atoms with E-state index in [9.17, 15) is 0 Å². The molecule has 7 nitrogen and oxygen atoms in total. The van der Waals surface area contributed by atoms with Crippen LogP contribution in [-0.4, -0.2) is 21.1 Å². The maximum absolute atomic E-state index is 5.75. The lowest BCUT2D eigenvalue weighted by Gasteiger charge is -2.02. The summed E-state index contributed by atoms with van der Waals surface area (Å²) in [5.41, 5.74) is 5.75. The fraction of sp³-hybridized carbons (Fsp3) is 0.333. The Morgan fingerprint density at radius 1 is 1.47 bits per heavy atom. The largest absolute Gasteiger partial charge is 0.370 e. The van der Waals surface area contributed by atoms with Crippen molar-refractivity contribution in [2.24, 2.45) is 10.7 Å². The highest BCUT2D eigenvalue weighted by atomic mass is 16.5. The molecule has 0 unspecified atom stereocenters. The molecule has 0 amide bonds. The summed E-state index contributed by atoms with van der Waals surface area (Å²) >= 11 is 0. The van der Waals surface area contributed by atoms with Crippen LogP contribution in [0, 0.1) is 0 Å². The first kappa shape index (κ1) is 11.6. The number of nitrogens with zero attached hydrogens (tertiary/aromatic N) is 4. The van der Waals surface area contributed by atoms with Crippen molar-refractivity contribution in [3.8, 4) is 0 Å². The number of rotatable bonds is 4. The molecule has 0 aliphatic heterocycles. The molecular weight excluding hydrogens is 244 g/mol. The Hall–Kier alpha value is -2.44. The summed E-state index contributed by atoms with van der Waals surface area (Å²) in [5.74, 6) is 2.63. The number of hydrogen-bond donors (Lipinski definition) is 2. The molecule has 1 saturated carbocycles. The molecule has 0 spiro atoms. The van der Waals surface area contributed by atoms with E-state index in [1.54, 1.807) is 6.20 Å². The van der Waals surface area contributed by atoms with Crippen molar-refractivity contribution >= 4 is 11.8 Å². The van der Waals surface area contributed by atoms with Gasteiger partial charge in [0.15, 0.2) is 11.8 Å². The number of pyridine rings is 1. The molecule has 1 aliphatic carbocycles. The highest BCUT2D eigenvalue weighted by Crippen LogP contribution is 2.38. The van der Waals surface area contributed by atoms with Crippen LogP contribution in [0.3, 0.4) is 0 Å². The lowest BCUT2D eigenvalue weighted by Crippen LogP contribution is -2.23. The van der Waals surface area contributed by atoms with E-state index in [2.05, 4.69) is 25.4 Å². The molecule has 3 rings (SSSR count). The van der Waals surface area contributed by atoms with E-state index in [4.69, 9.17) is 10.3 Å². The standard InChI is InChI=1S/C12H14N6O/c13-12(17-9-3-1-2-6-14-9)15-7-10-16-11(19-18-10)8-4-5-8/h1-3,6,8H,4-5,7H2,(H3,13,14,15,17). The number of aromatic nitrogens is 3. The quantitative estimate of drug-likeness (QED) is 0.632. The third kappa shape index (κ3) is 3.06. The average Bonchev–Trinajstić information content (AvgIpc) is 3.17. The predicted octanol–water partition coefficient (Wildman–Crippen LogP) is 1.27. The fourth-order valence-electron chi connectivity index (χ4n) is 1.59. The molecule has 0 saturated heterocycles. The van der Waals surface area contributed by atoms with Crippen molar-refractivity contribution in [1.29, 1.82) is 0 Å². The maximum Gasteiger partial charge on any atom is 0.229 e. The molecule has 0 aromatic carbocycles. The first-order chi connectivity index (χ1) is 9.31. The summed E-state index contributed by atoms with van der Waals surface area (Å²) in [4.78, 5) is 12.5. The van der Waals surface area contributed by atoms with Crippen molar-refractivity contribution in [3.63, 3.8) is 0 Å². The summed E-state index contributed by atoms with van der Waals surface area (Å²) in [5, 5.41) is 6.75. The van der Waals surface area contributed by atoms with Crippen LogP contribution in [0.15, 0.2) is 33.9 Å². The van der Waals surface area contributed by atoms with Gasteiger partial charge in [0.2, 0.25) is 5.89 Å². The van der Waals surface area contributed by atoms with Gasteiger partial charge in [0.1, 0.15) is 12.4 Å². The van der Waals surface area contributed by atoms with E-state index in [1.165, 1.54) is 0 Å². The second kappa shape index (κ2) is 5.05. The fourth-order valence-corrected chi connectivity index (χ4v) is 1.59. The van der Waals surface area contributed by atoms with Crippen LogP contribution in [0.1, 0.15) is 30.5 Å². The van der Waals surface area contributed by atoms with E-state index in [-0.39, 0.29) is 5.96 Å². The Morgan fingerprint density at radius 2 is 2.37 bits per heavy atom. The van der Waals surface area contributed by atoms with Gasteiger partial charge in [-0.1, -0.05) is 11.2 Å². The van der Waals surface area contributed by atoms with Crippen molar-refractivity contribution in [2.45, 2.75) is 25.3 Å². The number of hydrogen-bond acceptors (Lipinski definition) is 5. The Balaban J connectivity index is 1.58. The number of guanidine groups is 1. The minimum Gasteiger partial charge on any atom is -0.370 e.